The molecule has 2 aliphatic heterocycles. The van der Waals surface area contributed by atoms with Crippen molar-refractivity contribution in [2.75, 3.05) is 44.2 Å². The van der Waals surface area contributed by atoms with Gasteiger partial charge in [0.1, 0.15) is 5.82 Å². The first-order valence-electron chi connectivity index (χ1n) is 7.19. The van der Waals surface area contributed by atoms with Gasteiger partial charge in [0, 0.05) is 57.7 Å². The van der Waals surface area contributed by atoms with Crippen LogP contribution >= 0.6 is 0 Å². The van der Waals surface area contributed by atoms with Crippen molar-refractivity contribution >= 4 is 11.5 Å². The summed E-state index contributed by atoms with van der Waals surface area (Å²) in [5, 5.41) is 11.8. The molecule has 0 radical (unpaired) electrons. The van der Waals surface area contributed by atoms with Crippen molar-refractivity contribution in [2.45, 2.75) is 13.0 Å². The second kappa shape index (κ2) is 4.68. The Balaban J connectivity index is 1.51. The van der Waals surface area contributed by atoms with E-state index in [0.717, 1.165) is 56.6 Å². The Kier molecular flexibility index (Phi) is 2.82. The van der Waals surface area contributed by atoms with Gasteiger partial charge >= 0.3 is 0 Å². The molecule has 0 atom stereocenters. The van der Waals surface area contributed by atoms with E-state index in [0.29, 0.717) is 6.04 Å². The second-order valence-electron chi connectivity index (χ2n) is 5.54. The molecule has 4 heterocycles. The van der Waals surface area contributed by atoms with Crippen LogP contribution in [0.15, 0.2) is 12.4 Å². The lowest BCUT2D eigenvalue weighted by Crippen LogP contribution is -2.63. The third-order valence-corrected chi connectivity index (χ3v) is 4.31. The fourth-order valence-electron chi connectivity index (χ4n) is 3.06. The summed E-state index contributed by atoms with van der Waals surface area (Å²) < 4.78 is 2.00. The molecule has 2 aromatic heterocycles. The van der Waals surface area contributed by atoms with Gasteiger partial charge in [0.2, 0.25) is 5.65 Å². The van der Waals surface area contributed by atoms with Gasteiger partial charge in [-0.05, 0) is 6.92 Å². The van der Waals surface area contributed by atoms with Crippen LogP contribution in [0.25, 0.3) is 5.65 Å². The predicted octanol–water partition coefficient (Wildman–Crippen LogP) is -0.473. The lowest BCUT2D eigenvalue weighted by atomic mass is 10.1. The van der Waals surface area contributed by atoms with Crippen LogP contribution in [0.3, 0.4) is 0 Å². The van der Waals surface area contributed by atoms with Crippen LogP contribution in [0.4, 0.5) is 5.82 Å². The van der Waals surface area contributed by atoms with E-state index in [1.165, 1.54) is 0 Å². The molecule has 2 aliphatic rings. The van der Waals surface area contributed by atoms with Crippen LogP contribution in [0.1, 0.15) is 5.82 Å². The summed E-state index contributed by atoms with van der Waals surface area (Å²) in [6.45, 7) is 8.56. The summed E-state index contributed by atoms with van der Waals surface area (Å²) in [6, 6.07) is 0.656. The highest BCUT2D eigenvalue weighted by Gasteiger charge is 2.34. The van der Waals surface area contributed by atoms with Gasteiger partial charge < -0.3 is 10.2 Å². The number of hydrogen-bond donors (Lipinski definition) is 1. The molecule has 1 N–H and O–H groups in total. The van der Waals surface area contributed by atoms with Gasteiger partial charge in [0.15, 0.2) is 5.82 Å². The Morgan fingerprint density at radius 2 is 2.00 bits per heavy atom. The van der Waals surface area contributed by atoms with Gasteiger partial charge in [0.05, 0.1) is 0 Å². The fourth-order valence-corrected chi connectivity index (χ4v) is 3.06. The van der Waals surface area contributed by atoms with E-state index < -0.39 is 0 Å². The molecule has 0 unspecified atom stereocenters. The standard InChI is InChI=1S/C13H19N7/c1-10-16-17-13-12(15-4-7-20(10)13)19-8-11(9-19)18-5-2-14-3-6-18/h4,7,11,14H,2-3,5-6,8-9H2,1H3. The molecule has 0 amide bonds. The predicted molar refractivity (Wildman–Crippen MR) is 76.0 cm³/mol. The summed E-state index contributed by atoms with van der Waals surface area (Å²) in [6.07, 6.45) is 3.75. The number of nitrogens with zero attached hydrogens (tertiary/aromatic N) is 6. The first-order chi connectivity index (χ1) is 9.83. The average molecular weight is 273 g/mol. The smallest absolute Gasteiger partial charge is 0.203 e. The van der Waals surface area contributed by atoms with Crippen molar-refractivity contribution < 1.29 is 0 Å². The van der Waals surface area contributed by atoms with Crippen molar-refractivity contribution in [3.8, 4) is 0 Å². The summed E-state index contributed by atoms with van der Waals surface area (Å²) in [4.78, 5) is 9.37. The maximum absolute atomic E-state index is 4.49. The topological polar surface area (TPSA) is 61.6 Å². The van der Waals surface area contributed by atoms with E-state index >= 15 is 0 Å². The minimum Gasteiger partial charge on any atom is -0.350 e. The van der Waals surface area contributed by atoms with Gasteiger partial charge in [0.25, 0.3) is 0 Å². The summed E-state index contributed by atoms with van der Waals surface area (Å²) >= 11 is 0. The number of anilines is 1. The SMILES string of the molecule is Cc1nnc2c(N3CC(N4CCNCC4)C3)nccn12. The molecule has 7 nitrogen and oxygen atoms in total. The zero-order chi connectivity index (χ0) is 13.5. The van der Waals surface area contributed by atoms with E-state index in [1.807, 2.05) is 23.7 Å². The monoisotopic (exact) mass is 273 g/mol. The molecule has 0 bridgehead atoms. The molecule has 0 aliphatic carbocycles. The summed E-state index contributed by atoms with van der Waals surface area (Å²) in [5.74, 6) is 1.86. The molecule has 0 saturated carbocycles. The second-order valence-corrected chi connectivity index (χ2v) is 5.54. The van der Waals surface area contributed by atoms with E-state index in [9.17, 15) is 0 Å². The molecule has 0 aromatic carbocycles. The molecule has 2 fully saturated rings. The van der Waals surface area contributed by atoms with Gasteiger partial charge in [-0.15, -0.1) is 10.2 Å². The number of rotatable bonds is 2. The highest BCUT2D eigenvalue weighted by molar-refractivity contribution is 5.65. The number of aromatic nitrogens is 4. The highest BCUT2D eigenvalue weighted by atomic mass is 15.4. The van der Waals surface area contributed by atoms with Crippen molar-refractivity contribution in [1.82, 2.24) is 29.8 Å². The number of fused-ring (bicyclic) bond motifs is 1. The number of aryl methyl sites for hydroxylation is 1. The Morgan fingerprint density at radius 1 is 1.20 bits per heavy atom. The number of nitrogens with one attached hydrogen (secondary N) is 1. The maximum atomic E-state index is 4.49. The van der Waals surface area contributed by atoms with Crippen molar-refractivity contribution in [3.63, 3.8) is 0 Å². The average Bonchev–Trinajstić information content (AvgIpc) is 2.81. The molecule has 0 spiro atoms. The number of piperazine rings is 1. The first-order valence-corrected chi connectivity index (χ1v) is 7.19. The molecule has 20 heavy (non-hydrogen) atoms. The van der Waals surface area contributed by atoms with Crippen LogP contribution in [-0.4, -0.2) is 69.8 Å². The minimum absolute atomic E-state index is 0.656. The van der Waals surface area contributed by atoms with Crippen LogP contribution in [0.2, 0.25) is 0 Å². The van der Waals surface area contributed by atoms with E-state index in [-0.39, 0.29) is 0 Å². The molecule has 2 aromatic rings. The van der Waals surface area contributed by atoms with Crippen molar-refractivity contribution in [2.24, 2.45) is 0 Å². The molecular weight excluding hydrogens is 254 g/mol. The van der Waals surface area contributed by atoms with E-state index in [1.54, 1.807) is 0 Å². The third-order valence-electron chi connectivity index (χ3n) is 4.31. The summed E-state index contributed by atoms with van der Waals surface area (Å²) in [5.41, 5.74) is 0.865. The van der Waals surface area contributed by atoms with Crippen molar-refractivity contribution in [1.29, 1.82) is 0 Å². The largest absolute Gasteiger partial charge is 0.350 e. The minimum atomic E-state index is 0.656. The normalized spacial score (nSPS) is 21.4. The summed E-state index contributed by atoms with van der Waals surface area (Å²) in [7, 11) is 0. The van der Waals surface area contributed by atoms with Gasteiger partial charge in [-0.3, -0.25) is 9.30 Å². The Labute approximate surface area is 117 Å². The zero-order valence-electron chi connectivity index (χ0n) is 11.7. The van der Waals surface area contributed by atoms with Crippen LogP contribution < -0.4 is 10.2 Å². The number of hydrogen-bond acceptors (Lipinski definition) is 6. The lowest BCUT2D eigenvalue weighted by Gasteiger charge is -2.47. The molecular formula is C13H19N7. The molecule has 4 rings (SSSR count). The Morgan fingerprint density at radius 3 is 2.80 bits per heavy atom. The van der Waals surface area contributed by atoms with Gasteiger partial charge in [-0.2, -0.15) is 0 Å². The highest BCUT2D eigenvalue weighted by Crippen LogP contribution is 2.25. The molecule has 106 valence electrons. The van der Waals surface area contributed by atoms with Gasteiger partial charge in [-0.25, -0.2) is 4.98 Å². The first kappa shape index (κ1) is 12.0. The molecule has 7 heteroatoms. The Bertz CT molecular complexity index is 610. The fraction of sp³-hybridized carbons (Fsp3) is 0.615. The Hall–Kier alpha value is -1.73. The van der Waals surface area contributed by atoms with Crippen LogP contribution in [0, 0.1) is 6.92 Å². The molecule has 2 saturated heterocycles. The quantitative estimate of drug-likeness (QED) is 0.798. The maximum Gasteiger partial charge on any atom is 0.203 e. The third kappa shape index (κ3) is 1.85. The van der Waals surface area contributed by atoms with Crippen molar-refractivity contribution in [3.05, 3.63) is 18.2 Å². The van der Waals surface area contributed by atoms with Gasteiger partial charge in [-0.1, -0.05) is 0 Å². The zero-order valence-corrected chi connectivity index (χ0v) is 11.7. The van der Waals surface area contributed by atoms with E-state index in [2.05, 4.69) is 30.3 Å². The van der Waals surface area contributed by atoms with E-state index in [4.69, 9.17) is 0 Å². The van der Waals surface area contributed by atoms with Crippen LogP contribution in [-0.2, 0) is 0 Å². The lowest BCUT2D eigenvalue weighted by molar-refractivity contribution is 0.147. The van der Waals surface area contributed by atoms with Crippen LogP contribution in [0.5, 0.6) is 0 Å².